The highest BCUT2D eigenvalue weighted by atomic mass is 16.1. The van der Waals surface area contributed by atoms with Gasteiger partial charge in [0.05, 0.1) is 23.7 Å². The summed E-state index contributed by atoms with van der Waals surface area (Å²) in [5, 5.41) is 10.1. The van der Waals surface area contributed by atoms with Crippen molar-refractivity contribution < 1.29 is 4.79 Å². The Hall–Kier alpha value is -3.16. The molecule has 0 unspecified atom stereocenters. The number of nitriles is 1. The lowest BCUT2D eigenvalue weighted by Gasteiger charge is -2.25. The Morgan fingerprint density at radius 2 is 1.86 bits per heavy atom. The van der Waals surface area contributed by atoms with Crippen LogP contribution < -0.4 is 0 Å². The number of ketones is 1. The van der Waals surface area contributed by atoms with E-state index < -0.39 is 0 Å². The van der Waals surface area contributed by atoms with Gasteiger partial charge in [-0.15, -0.1) is 0 Å². The second-order valence-electron chi connectivity index (χ2n) is 7.70. The van der Waals surface area contributed by atoms with Crippen LogP contribution in [0.25, 0.3) is 22.7 Å². The van der Waals surface area contributed by atoms with Crippen molar-refractivity contribution in [1.82, 2.24) is 9.47 Å². The van der Waals surface area contributed by atoms with Crippen molar-refractivity contribution in [2.75, 3.05) is 19.6 Å². The fraction of sp³-hybridized carbons (Fsp3) is 0.280. The third-order valence-electron chi connectivity index (χ3n) is 5.81. The molecule has 1 saturated heterocycles. The maximum atomic E-state index is 13.3. The Morgan fingerprint density at radius 3 is 2.52 bits per heavy atom. The molecule has 4 heteroatoms. The number of rotatable bonds is 5. The van der Waals surface area contributed by atoms with Crippen LogP contribution in [0, 0.1) is 18.3 Å². The number of aromatic nitrogens is 1. The average molecular weight is 383 g/mol. The molecule has 0 spiro atoms. The molecule has 0 saturated carbocycles. The number of Topliss-reactive ketones (excluding diaryl/α,β-unsaturated/α-hetero) is 1. The predicted molar refractivity (Wildman–Crippen MR) is 117 cm³/mol. The fourth-order valence-corrected chi connectivity index (χ4v) is 4.33. The van der Waals surface area contributed by atoms with Crippen LogP contribution in [0.1, 0.15) is 46.4 Å². The highest BCUT2D eigenvalue weighted by molar-refractivity contribution is 6.11. The molecule has 0 bridgehead atoms. The van der Waals surface area contributed by atoms with Gasteiger partial charge in [-0.3, -0.25) is 9.69 Å². The Labute approximate surface area is 171 Å². The van der Waals surface area contributed by atoms with Crippen LogP contribution in [-0.4, -0.2) is 34.9 Å². The lowest BCUT2D eigenvalue weighted by Crippen LogP contribution is -2.34. The molecule has 4 nitrogen and oxygen atoms in total. The van der Waals surface area contributed by atoms with Crippen LogP contribution >= 0.6 is 0 Å². The molecule has 4 rings (SSSR count). The van der Waals surface area contributed by atoms with E-state index in [4.69, 9.17) is 5.26 Å². The third-order valence-corrected chi connectivity index (χ3v) is 5.81. The molecular weight excluding hydrogens is 358 g/mol. The van der Waals surface area contributed by atoms with Crippen LogP contribution in [0.15, 0.2) is 49.0 Å². The SMILES string of the molecule is C=Cc1ccc2c(C(=O)CN3CCCCC3)c(C)n(-c3ccc(C#N)cc3)c2c1. The summed E-state index contributed by atoms with van der Waals surface area (Å²) in [5.41, 5.74) is 5.31. The molecule has 1 aliphatic heterocycles. The quantitative estimate of drug-likeness (QED) is 0.575. The first-order valence-electron chi connectivity index (χ1n) is 10.2. The maximum Gasteiger partial charge on any atom is 0.179 e. The summed E-state index contributed by atoms with van der Waals surface area (Å²) in [6.07, 6.45) is 5.41. The van der Waals surface area contributed by atoms with E-state index in [9.17, 15) is 4.79 Å². The van der Waals surface area contributed by atoms with E-state index in [0.717, 1.165) is 46.5 Å². The second-order valence-corrected chi connectivity index (χ2v) is 7.70. The van der Waals surface area contributed by atoms with Crippen LogP contribution in [0.3, 0.4) is 0 Å². The molecule has 29 heavy (non-hydrogen) atoms. The monoisotopic (exact) mass is 383 g/mol. The smallest absolute Gasteiger partial charge is 0.179 e. The summed E-state index contributed by atoms with van der Waals surface area (Å²) in [5.74, 6) is 0.174. The first-order chi connectivity index (χ1) is 14.1. The molecule has 1 aliphatic rings. The van der Waals surface area contributed by atoms with Crippen molar-refractivity contribution in [3.8, 4) is 11.8 Å². The van der Waals surface area contributed by atoms with Gasteiger partial charge in [-0.05, 0) is 68.8 Å². The molecule has 1 fully saturated rings. The fourth-order valence-electron chi connectivity index (χ4n) is 4.33. The summed E-state index contributed by atoms with van der Waals surface area (Å²) in [7, 11) is 0. The molecule has 2 aromatic carbocycles. The number of hydrogen-bond donors (Lipinski definition) is 0. The summed E-state index contributed by atoms with van der Waals surface area (Å²) >= 11 is 0. The normalized spacial score (nSPS) is 14.6. The second kappa shape index (κ2) is 8.06. The van der Waals surface area contributed by atoms with Gasteiger partial charge in [-0.2, -0.15) is 5.26 Å². The van der Waals surface area contributed by atoms with E-state index in [2.05, 4.69) is 28.2 Å². The highest BCUT2D eigenvalue weighted by Crippen LogP contribution is 2.31. The topological polar surface area (TPSA) is 49.0 Å². The minimum absolute atomic E-state index is 0.174. The van der Waals surface area contributed by atoms with Gasteiger partial charge in [0.2, 0.25) is 0 Å². The lowest BCUT2D eigenvalue weighted by molar-refractivity contribution is 0.0916. The Kier molecular flexibility index (Phi) is 5.33. The third kappa shape index (κ3) is 3.62. The van der Waals surface area contributed by atoms with Crippen molar-refractivity contribution in [1.29, 1.82) is 5.26 Å². The van der Waals surface area contributed by atoms with Gasteiger partial charge in [0.1, 0.15) is 0 Å². The highest BCUT2D eigenvalue weighted by Gasteiger charge is 2.23. The number of benzene rings is 2. The van der Waals surface area contributed by atoms with E-state index in [1.165, 1.54) is 19.3 Å². The predicted octanol–water partition coefficient (Wildman–Crippen LogP) is 5.12. The van der Waals surface area contributed by atoms with E-state index in [1.54, 1.807) is 0 Å². The number of likely N-dealkylation sites (tertiary alicyclic amines) is 1. The van der Waals surface area contributed by atoms with Gasteiger partial charge >= 0.3 is 0 Å². The summed E-state index contributed by atoms with van der Waals surface area (Å²) in [6.45, 7) is 8.36. The van der Waals surface area contributed by atoms with E-state index in [0.29, 0.717) is 12.1 Å². The number of hydrogen-bond acceptors (Lipinski definition) is 3. The zero-order valence-electron chi connectivity index (χ0n) is 16.8. The van der Waals surface area contributed by atoms with Gasteiger partial charge in [0, 0.05) is 22.3 Å². The van der Waals surface area contributed by atoms with Crippen molar-refractivity contribution in [2.24, 2.45) is 0 Å². The summed E-state index contributed by atoms with van der Waals surface area (Å²) < 4.78 is 2.12. The van der Waals surface area contributed by atoms with Crippen molar-refractivity contribution in [3.63, 3.8) is 0 Å². The van der Waals surface area contributed by atoms with E-state index in [-0.39, 0.29) is 5.78 Å². The summed E-state index contributed by atoms with van der Waals surface area (Å²) in [6, 6.07) is 15.8. The van der Waals surface area contributed by atoms with Crippen LogP contribution in [-0.2, 0) is 0 Å². The van der Waals surface area contributed by atoms with E-state index >= 15 is 0 Å². The number of nitrogens with zero attached hydrogens (tertiary/aromatic N) is 3. The average Bonchev–Trinajstić information content (AvgIpc) is 3.05. The molecular formula is C25H25N3O. The Bertz CT molecular complexity index is 1110. The standard InChI is InChI=1S/C25H25N3O/c1-3-19-9-12-22-23(15-19)28(21-10-7-20(16-26)8-11-21)18(2)25(22)24(29)17-27-13-5-4-6-14-27/h3,7-12,15H,1,4-6,13-14,17H2,2H3. The van der Waals surface area contributed by atoms with Gasteiger partial charge < -0.3 is 4.57 Å². The zero-order valence-corrected chi connectivity index (χ0v) is 16.8. The zero-order chi connectivity index (χ0) is 20.4. The van der Waals surface area contributed by atoms with Gasteiger partial charge in [-0.25, -0.2) is 0 Å². The molecule has 0 aliphatic carbocycles. The molecule has 0 radical (unpaired) electrons. The number of carbonyl (C=O) groups is 1. The molecule has 0 atom stereocenters. The van der Waals surface area contributed by atoms with Gasteiger partial charge in [-0.1, -0.05) is 31.2 Å². The van der Waals surface area contributed by atoms with Crippen LogP contribution in [0.2, 0.25) is 0 Å². The largest absolute Gasteiger partial charge is 0.313 e. The van der Waals surface area contributed by atoms with Gasteiger partial charge in [0.15, 0.2) is 5.78 Å². The molecule has 1 aromatic heterocycles. The molecule has 146 valence electrons. The number of piperidine rings is 1. The van der Waals surface area contributed by atoms with Crippen molar-refractivity contribution in [2.45, 2.75) is 26.2 Å². The first kappa shape index (κ1) is 19.2. The maximum absolute atomic E-state index is 13.3. The molecule has 0 N–H and O–H groups in total. The minimum atomic E-state index is 0.174. The molecule has 3 aromatic rings. The first-order valence-corrected chi connectivity index (χ1v) is 10.2. The van der Waals surface area contributed by atoms with Crippen LogP contribution in [0.4, 0.5) is 0 Å². The number of carbonyl (C=O) groups excluding carboxylic acids is 1. The van der Waals surface area contributed by atoms with E-state index in [1.807, 2.05) is 49.4 Å². The Balaban J connectivity index is 1.84. The van der Waals surface area contributed by atoms with Gasteiger partial charge in [0.25, 0.3) is 0 Å². The van der Waals surface area contributed by atoms with Crippen molar-refractivity contribution >= 4 is 22.8 Å². The van der Waals surface area contributed by atoms with Crippen molar-refractivity contribution in [3.05, 3.63) is 71.4 Å². The minimum Gasteiger partial charge on any atom is -0.313 e. The molecule has 0 amide bonds. The lowest BCUT2D eigenvalue weighted by atomic mass is 10.0. The Morgan fingerprint density at radius 1 is 1.14 bits per heavy atom. The number of fused-ring (bicyclic) bond motifs is 1. The molecule has 2 heterocycles. The van der Waals surface area contributed by atoms with Crippen LogP contribution in [0.5, 0.6) is 0 Å². The summed E-state index contributed by atoms with van der Waals surface area (Å²) in [4.78, 5) is 15.6.